The Morgan fingerprint density at radius 1 is 1.12 bits per heavy atom. The number of benzene rings is 1. The topological polar surface area (TPSA) is 99.6 Å². The molecule has 3 aliphatic rings. The van der Waals surface area contributed by atoms with Crippen LogP contribution in [0, 0.1) is 11.8 Å². The molecule has 3 aliphatic heterocycles. The second-order valence-corrected chi connectivity index (χ2v) is 11.1. The molecule has 3 amide bonds. The smallest absolute Gasteiger partial charge is 0.248 e. The zero-order valence-corrected chi connectivity index (χ0v) is 24.5. The van der Waals surface area contributed by atoms with Gasteiger partial charge in [0.05, 0.1) is 24.5 Å². The van der Waals surface area contributed by atoms with Crippen molar-refractivity contribution in [3.05, 3.63) is 49.6 Å². The summed E-state index contributed by atoms with van der Waals surface area (Å²) in [6.45, 7) is 13.8. The molecule has 3 fully saturated rings. The Bertz CT molecular complexity index is 1110. The molecule has 4 rings (SSSR count). The highest BCUT2D eigenvalue weighted by molar-refractivity contribution is 6.03. The maximum absolute atomic E-state index is 14.3. The van der Waals surface area contributed by atoms with Gasteiger partial charge in [-0.15, -0.1) is 13.2 Å². The molecule has 5 atom stereocenters. The number of aliphatic hydroxyl groups excluding tert-OH is 1. The average Bonchev–Trinajstić information content (AvgIpc) is 3.61. The molecule has 2 unspecified atom stereocenters. The van der Waals surface area contributed by atoms with Gasteiger partial charge in [0.2, 0.25) is 17.7 Å². The van der Waals surface area contributed by atoms with E-state index in [1.54, 1.807) is 26.9 Å². The molecule has 0 aromatic heterocycles. The summed E-state index contributed by atoms with van der Waals surface area (Å²) >= 11 is 0. The zero-order chi connectivity index (χ0) is 29.6. The minimum absolute atomic E-state index is 0.00654. The predicted molar refractivity (Wildman–Crippen MR) is 157 cm³/mol. The van der Waals surface area contributed by atoms with Gasteiger partial charge in [-0.25, -0.2) is 0 Å². The van der Waals surface area contributed by atoms with E-state index in [0.717, 1.165) is 12.8 Å². The van der Waals surface area contributed by atoms with Crippen LogP contribution in [0.4, 0.5) is 5.69 Å². The number of carbonyl (C=O) groups is 3. The molecule has 2 bridgehead atoms. The number of hydrogen-bond acceptors (Lipinski definition) is 6. The second-order valence-electron chi connectivity index (χ2n) is 11.1. The summed E-state index contributed by atoms with van der Waals surface area (Å²) in [6.07, 6.45) is 6.93. The van der Waals surface area contributed by atoms with Crippen LogP contribution in [-0.4, -0.2) is 89.8 Å². The van der Waals surface area contributed by atoms with E-state index in [-0.39, 0.29) is 30.9 Å². The predicted octanol–water partition coefficient (Wildman–Crippen LogP) is 3.57. The van der Waals surface area contributed by atoms with Gasteiger partial charge in [-0.1, -0.05) is 25.5 Å². The van der Waals surface area contributed by atoms with Crippen molar-refractivity contribution in [3.8, 4) is 5.75 Å². The molecule has 1 aromatic carbocycles. The van der Waals surface area contributed by atoms with E-state index in [2.05, 4.69) is 20.1 Å². The van der Waals surface area contributed by atoms with Crippen molar-refractivity contribution in [2.45, 2.75) is 70.1 Å². The molecule has 41 heavy (non-hydrogen) atoms. The lowest BCUT2D eigenvalue weighted by atomic mass is 9.70. The van der Waals surface area contributed by atoms with E-state index in [4.69, 9.17) is 9.47 Å². The Morgan fingerprint density at radius 3 is 2.49 bits per heavy atom. The third-order valence-electron chi connectivity index (χ3n) is 8.61. The number of aliphatic hydroxyl groups is 1. The third-order valence-corrected chi connectivity index (χ3v) is 8.61. The van der Waals surface area contributed by atoms with E-state index >= 15 is 0 Å². The number of rotatable bonds is 16. The molecule has 224 valence electrons. The molecular weight excluding hydrogens is 522 g/mol. The number of nitrogens with zero attached hydrogens (tertiary/aromatic N) is 3. The Morgan fingerprint density at radius 2 is 1.85 bits per heavy atom. The number of fused-ring (bicyclic) bond motifs is 1. The lowest BCUT2D eigenvalue weighted by Crippen LogP contribution is -2.56. The summed E-state index contributed by atoms with van der Waals surface area (Å²) in [7, 11) is 0. The molecule has 0 radical (unpaired) electrons. The Hall–Kier alpha value is -3.17. The van der Waals surface area contributed by atoms with Crippen LogP contribution >= 0.6 is 0 Å². The lowest BCUT2D eigenvalue weighted by molar-refractivity contribution is -0.147. The average molecular weight is 568 g/mol. The third kappa shape index (κ3) is 5.79. The molecule has 1 N–H and O–H groups in total. The number of unbranched alkanes of at least 4 members (excludes halogenated alkanes) is 2. The largest absolute Gasteiger partial charge is 0.494 e. The quantitative estimate of drug-likeness (QED) is 0.242. The van der Waals surface area contributed by atoms with E-state index in [1.165, 1.54) is 0 Å². The fourth-order valence-corrected chi connectivity index (χ4v) is 6.84. The first kappa shape index (κ1) is 30.8. The maximum Gasteiger partial charge on any atom is 0.248 e. The van der Waals surface area contributed by atoms with E-state index < -0.39 is 29.6 Å². The van der Waals surface area contributed by atoms with E-state index in [0.29, 0.717) is 63.4 Å². The van der Waals surface area contributed by atoms with E-state index in [1.807, 2.05) is 31.2 Å². The molecule has 0 saturated carbocycles. The van der Waals surface area contributed by atoms with Crippen LogP contribution in [0.5, 0.6) is 5.75 Å². The van der Waals surface area contributed by atoms with Crippen LogP contribution in [0.15, 0.2) is 49.6 Å². The van der Waals surface area contributed by atoms with Gasteiger partial charge in [0.1, 0.15) is 17.4 Å². The number of amides is 3. The number of ether oxygens (including phenoxy) is 2. The summed E-state index contributed by atoms with van der Waals surface area (Å²) < 4.78 is 12.2. The number of anilines is 1. The second kappa shape index (κ2) is 13.7. The summed E-state index contributed by atoms with van der Waals surface area (Å²) in [5.41, 5.74) is -0.368. The van der Waals surface area contributed by atoms with Crippen molar-refractivity contribution in [2.24, 2.45) is 11.8 Å². The minimum Gasteiger partial charge on any atom is -0.494 e. The van der Waals surface area contributed by atoms with Crippen LogP contribution in [0.3, 0.4) is 0 Å². The first-order valence-corrected chi connectivity index (χ1v) is 15.0. The van der Waals surface area contributed by atoms with Gasteiger partial charge in [-0.05, 0) is 63.3 Å². The molecular formula is C32H45N3O6. The highest BCUT2D eigenvalue weighted by atomic mass is 16.5. The van der Waals surface area contributed by atoms with Crippen LogP contribution in [0.1, 0.15) is 52.4 Å². The first-order valence-electron chi connectivity index (χ1n) is 15.0. The molecule has 3 saturated heterocycles. The highest BCUT2D eigenvalue weighted by Gasteiger charge is 2.74. The number of carbonyl (C=O) groups excluding carboxylic acids is 3. The van der Waals surface area contributed by atoms with Crippen LogP contribution in [-0.2, 0) is 19.1 Å². The summed E-state index contributed by atoms with van der Waals surface area (Å²) in [5, 5.41) is 9.40. The van der Waals surface area contributed by atoms with Crippen molar-refractivity contribution >= 4 is 23.4 Å². The molecule has 1 spiro atoms. The van der Waals surface area contributed by atoms with Gasteiger partial charge >= 0.3 is 0 Å². The summed E-state index contributed by atoms with van der Waals surface area (Å²) in [6, 6.07) is 6.51. The number of hydrogen-bond donors (Lipinski definition) is 1. The molecule has 3 heterocycles. The Labute approximate surface area is 243 Å². The van der Waals surface area contributed by atoms with E-state index in [9.17, 15) is 19.5 Å². The van der Waals surface area contributed by atoms with Crippen molar-refractivity contribution in [1.29, 1.82) is 0 Å². The van der Waals surface area contributed by atoms with Crippen LogP contribution < -0.4 is 9.64 Å². The van der Waals surface area contributed by atoms with Crippen LogP contribution in [0.2, 0.25) is 0 Å². The van der Waals surface area contributed by atoms with Crippen molar-refractivity contribution in [1.82, 2.24) is 9.80 Å². The number of likely N-dealkylation sites (tertiary alicyclic amines) is 1. The first-order chi connectivity index (χ1) is 19.9. The maximum atomic E-state index is 14.3. The van der Waals surface area contributed by atoms with Gasteiger partial charge in [-0.2, -0.15) is 0 Å². The van der Waals surface area contributed by atoms with Gasteiger partial charge < -0.3 is 29.3 Å². The monoisotopic (exact) mass is 567 g/mol. The summed E-state index contributed by atoms with van der Waals surface area (Å²) in [5.74, 6) is -1.30. The Balaban J connectivity index is 1.69. The highest BCUT2D eigenvalue weighted by Crippen LogP contribution is 2.59. The fourth-order valence-electron chi connectivity index (χ4n) is 6.84. The van der Waals surface area contributed by atoms with Gasteiger partial charge in [0.15, 0.2) is 0 Å². The molecule has 1 aromatic rings. The van der Waals surface area contributed by atoms with Gasteiger partial charge in [0.25, 0.3) is 0 Å². The Kier molecular flexibility index (Phi) is 10.3. The minimum atomic E-state index is -1.05. The SMILES string of the molecule is C=CCN(CCCC)C(=O)C1N(CCCCO)C(=O)[C@@H]2[C@@H](C(=O)N(CC=C)c3ccc(OCC)cc3)[C@H]3CCC12O3. The van der Waals surface area contributed by atoms with Crippen LogP contribution in [0.25, 0.3) is 0 Å². The lowest BCUT2D eigenvalue weighted by Gasteiger charge is -2.37. The molecule has 0 aliphatic carbocycles. The fraction of sp³-hybridized carbons (Fsp3) is 0.594. The molecule has 9 heteroatoms. The van der Waals surface area contributed by atoms with Crippen molar-refractivity contribution in [2.75, 3.05) is 44.3 Å². The summed E-state index contributed by atoms with van der Waals surface area (Å²) in [4.78, 5) is 47.8. The zero-order valence-electron chi connectivity index (χ0n) is 24.5. The van der Waals surface area contributed by atoms with Gasteiger partial charge in [0, 0.05) is 38.5 Å². The van der Waals surface area contributed by atoms with Gasteiger partial charge in [-0.3, -0.25) is 14.4 Å². The van der Waals surface area contributed by atoms with Crippen molar-refractivity contribution in [3.63, 3.8) is 0 Å². The normalized spacial score (nSPS) is 26.1. The standard InChI is InChI=1S/C32H45N3O6/c1-5-9-20-33(18-6-2)31(39)28-32-17-16-25(41-32)26(27(32)30(38)35(28)21-10-11-22-36)29(37)34(19-7-3)23-12-14-24(15-13-23)40-8-4/h6-7,12-15,25-28,36H,2-3,5,8-11,16-22H2,1,4H3/t25-,26+,27+,28?,32?/m1/s1. The van der Waals surface area contributed by atoms with Crippen molar-refractivity contribution < 1.29 is 29.0 Å². The molecule has 9 nitrogen and oxygen atoms in total.